The zero-order valence-electron chi connectivity index (χ0n) is 12.2. The Bertz CT molecular complexity index is 545. The summed E-state index contributed by atoms with van der Waals surface area (Å²) in [5, 5.41) is 2.83. The number of benzene rings is 1. The number of nitrogens with two attached hydrogens (primary N) is 1. The number of nitrogens with zero attached hydrogens (tertiary/aromatic N) is 1. The Kier molecular flexibility index (Phi) is 3.88. The molecule has 2 aliphatic rings. The van der Waals surface area contributed by atoms with Crippen molar-refractivity contribution in [3.05, 3.63) is 12.1 Å². The molecule has 6 heteroatoms. The maximum Gasteiger partial charge on any atom is 0.262 e. The fourth-order valence-corrected chi connectivity index (χ4v) is 2.93. The fraction of sp³-hybridized carbons (Fsp3) is 0.533. The van der Waals surface area contributed by atoms with Crippen molar-refractivity contribution in [3.8, 4) is 5.75 Å². The molecule has 1 unspecified atom stereocenters. The van der Waals surface area contributed by atoms with Gasteiger partial charge in [-0.05, 0) is 25.8 Å². The molecule has 0 spiro atoms. The van der Waals surface area contributed by atoms with Crippen LogP contribution in [0.2, 0.25) is 0 Å². The van der Waals surface area contributed by atoms with Crippen LogP contribution in [0.3, 0.4) is 0 Å². The SMILES string of the molecule is CCOC1CCCN(c2cc3c(cc2N)OCC(=O)N3)C1. The molecule has 114 valence electrons. The molecule has 0 aromatic heterocycles. The molecule has 21 heavy (non-hydrogen) atoms. The Labute approximate surface area is 124 Å². The number of rotatable bonds is 3. The van der Waals surface area contributed by atoms with Gasteiger partial charge in [0.1, 0.15) is 5.75 Å². The minimum absolute atomic E-state index is 0.0436. The molecule has 3 rings (SSSR count). The van der Waals surface area contributed by atoms with Crippen LogP contribution in [0.25, 0.3) is 0 Å². The average molecular weight is 291 g/mol. The Morgan fingerprint density at radius 1 is 1.52 bits per heavy atom. The largest absolute Gasteiger partial charge is 0.482 e. The summed E-state index contributed by atoms with van der Waals surface area (Å²) in [6, 6.07) is 3.68. The van der Waals surface area contributed by atoms with Crippen LogP contribution in [0.1, 0.15) is 19.8 Å². The van der Waals surface area contributed by atoms with Gasteiger partial charge in [-0.3, -0.25) is 4.79 Å². The Hall–Kier alpha value is -1.95. The summed E-state index contributed by atoms with van der Waals surface area (Å²) in [7, 11) is 0. The van der Waals surface area contributed by atoms with Gasteiger partial charge in [-0.1, -0.05) is 0 Å². The summed E-state index contributed by atoms with van der Waals surface area (Å²) in [6.07, 6.45) is 2.39. The molecule has 0 saturated carbocycles. The van der Waals surface area contributed by atoms with E-state index < -0.39 is 0 Å². The van der Waals surface area contributed by atoms with E-state index in [0.29, 0.717) is 17.1 Å². The third-order valence-electron chi connectivity index (χ3n) is 3.88. The Balaban J connectivity index is 1.84. The van der Waals surface area contributed by atoms with E-state index in [1.165, 1.54) is 0 Å². The second-order valence-electron chi connectivity index (χ2n) is 5.41. The molecule has 6 nitrogen and oxygen atoms in total. The molecule has 0 bridgehead atoms. The number of fused-ring (bicyclic) bond motifs is 1. The first-order valence-corrected chi connectivity index (χ1v) is 7.40. The molecule has 1 saturated heterocycles. The monoisotopic (exact) mass is 291 g/mol. The van der Waals surface area contributed by atoms with Gasteiger partial charge in [0.25, 0.3) is 5.91 Å². The van der Waals surface area contributed by atoms with Gasteiger partial charge < -0.3 is 25.4 Å². The van der Waals surface area contributed by atoms with E-state index in [1.54, 1.807) is 6.07 Å². The van der Waals surface area contributed by atoms with Crippen molar-refractivity contribution >= 4 is 23.0 Å². The predicted octanol–water partition coefficient (Wildman–Crippen LogP) is 1.60. The van der Waals surface area contributed by atoms with Crippen LogP contribution in [0.4, 0.5) is 17.1 Å². The number of carbonyl (C=O) groups excluding carboxylic acids is 1. The maximum atomic E-state index is 11.4. The summed E-state index contributed by atoms with van der Waals surface area (Å²) in [5.74, 6) is 0.498. The number of anilines is 3. The van der Waals surface area contributed by atoms with Gasteiger partial charge in [0, 0.05) is 25.8 Å². The van der Waals surface area contributed by atoms with Crippen molar-refractivity contribution in [2.75, 3.05) is 42.3 Å². The van der Waals surface area contributed by atoms with Crippen LogP contribution < -0.4 is 20.7 Å². The van der Waals surface area contributed by atoms with Crippen LogP contribution in [0, 0.1) is 0 Å². The van der Waals surface area contributed by atoms with E-state index in [2.05, 4.69) is 10.2 Å². The van der Waals surface area contributed by atoms with Crippen LogP contribution in [0.5, 0.6) is 5.75 Å². The van der Waals surface area contributed by atoms with Gasteiger partial charge in [-0.15, -0.1) is 0 Å². The number of nitrogens with one attached hydrogen (secondary N) is 1. The molecule has 2 aliphatic heterocycles. The van der Waals surface area contributed by atoms with E-state index in [4.69, 9.17) is 15.2 Å². The van der Waals surface area contributed by atoms with E-state index in [-0.39, 0.29) is 18.6 Å². The molecule has 1 atom stereocenters. The summed E-state index contributed by atoms with van der Waals surface area (Å²) in [6.45, 7) is 4.55. The molecule has 3 N–H and O–H groups in total. The van der Waals surface area contributed by atoms with Crippen molar-refractivity contribution < 1.29 is 14.3 Å². The van der Waals surface area contributed by atoms with Gasteiger partial charge in [-0.2, -0.15) is 0 Å². The standard InChI is InChI=1S/C15H21N3O3/c1-2-20-10-4-3-5-18(8-10)13-7-12-14(6-11(13)16)21-9-15(19)17-12/h6-7,10H,2-5,8-9,16H2,1H3,(H,17,19). The normalized spacial score (nSPS) is 21.5. The van der Waals surface area contributed by atoms with Gasteiger partial charge in [0.05, 0.1) is 23.2 Å². The number of nitrogen functional groups attached to an aromatic ring is 1. The van der Waals surface area contributed by atoms with Gasteiger partial charge in [-0.25, -0.2) is 0 Å². The van der Waals surface area contributed by atoms with Crippen molar-refractivity contribution in [1.29, 1.82) is 0 Å². The quantitative estimate of drug-likeness (QED) is 0.827. The fourth-order valence-electron chi connectivity index (χ4n) is 2.93. The highest BCUT2D eigenvalue weighted by Crippen LogP contribution is 2.38. The Morgan fingerprint density at radius 2 is 2.38 bits per heavy atom. The molecular formula is C15H21N3O3. The first-order valence-electron chi connectivity index (χ1n) is 7.40. The second-order valence-corrected chi connectivity index (χ2v) is 5.41. The molecular weight excluding hydrogens is 270 g/mol. The topological polar surface area (TPSA) is 76.8 Å². The molecule has 0 radical (unpaired) electrons. The molecule has 1 fully saturated rings. The van der Waals surface area contributed by atoms with Crippen molar-refractivity contribution in [2.24, 2.45) is 0 Å². The first-order chi connectivity index (χ1) is 10.2. The van der Waals surface area contributed by atoms with Crippen molar-refractivity contribution in [2.45, 2.75) is 25.9 Å². The van der Waals surface area contributed by atoms with E-state index in [0.717, 1.165) is 38.2 Å². The van der Waals surface area contributed by atoms with Gasteiger partial charge in [0.15, 0.2) is 6.61 Å². The highest BCUT2D eigenvalue weighted by Gasteiger charge is 2.24. The highest BCUT2D eigenvalue weighted by atomic mass is 16.5. The number of piperidine rings is 1. The predicted molar refractivity (Wildman–Crippen MR) is 81.8 cm³/mol. The zero-order chi connectivity index (χ0) is 14.8. The third-order valence-corrected chi connectivity index (χ3v) is 3.88. The number of hydrogen-bond donors (Lipinski definition) is 2. The van der Waals surface area contributed by atoms with Crippen LogP contribution in [0.15, 0.2) is 12.1 Å². The summed E-state index contributed by atoms with van der Waals surface area (Å²) < 4.78 is 11.1. The summed E-state index contributed by atoms with van der Waals surface area (Å²) in [4.78, 5) is 13.7. The lowest BCUT2D eigenvalue weighted by Gasteiger charge is -2.35. The minimum Gasteiger partial charge on any atom is -0.482 e. The average Bonchev–Trinajstić information content (AvgIpc) is 2.48. The van der Waals surface area contributed by atoms with E-state index >= 15 is 0 Å². The lowest BCUT2D eigenvalue weighted by molar-refractivity contribution is -0.118. The van der Waals surface area contributed by atoms with Crippen LogP contribution >= 0.6 is 0 Å². The lowest BCUT2D eigenvalue weighted by Crippen LogP contribution is -2.40. The number of hydrogen-bond acceptors (Lipinski definition) is 5. The molecule has 1 aromatic rings. The molecule has 1 aromatic carbocycles. The smallest absolute Gasteiger partial charge is 0.262 e. The second kappa shape index (κ2) is 5.81. The summed E-state index contributed by atoms with van der Waals surface area (Å²) >= 11 is 0. The zero-order valence-corrected chi connectivity index (χ0v) is 12.2. The van der Waals surface area contributed by atoms with Gasteiger partial charge in [0.2, 0.25) is 0 Å². The number of carbonyl (C=O) groups is 1. The third kappa shape index (κ3) is 2.90. The van der Waals surface area contributed by atoms with E-state index in [1.807, 2.05) is 13.0 Å². The maximum absolute atomic E-state index is 11.4. The highest BCUT2D eigenvalue weighted by molar-refractivity contribution is 5.97. The van der Waals surface area contributed by atoms with E-state index in [9.17, 15) is 4.79 Å². The molecule has 0 aliphatic carbocycles. The Morgan fingerprint density at radius 3 is 3.19 bits per heavy atom. The van der Waals surface area contributed by atoms with Gasteiger partial charge >= 0.3 is 0 Å². The molecule has 2 heterocycles. The minimum atomic E-state index is -0.135. The molecule has 1 amide bonds. The van der Waals surface area contributed by atoms with Crippen molar-refractivity contribution in [1.82, 2.24) is 0 Å². The van der Waals surface area contributed by atoms with Crippen LogP contribution in [-0.4, -0.2) is 38.3 Å². The number of amides is 1. The first kappa shape index (κ1) is 14.0. The lowest BCUT2D eigenvalue weighted by atomic mass is 10.1. The van der Waals surface area contributed by atoms with Crippen LogP contribution in [-0.2, 0) is 9.53 Å². The number of ether oxygens (including phenoxy) is 2. The van der Waals surface area contributed by atoms with Crippen molar-refractivity contribution in [3.63, 3.8) is 0 Å². The summed E-state index contributed by atoms with van der Waals surface area (Å²) in [5.41, 5.74) is 8.45.